The number of nitrogens with zero attached hydrogens (tertiary/aromatic N) is 2. The van der Waals surface area contributed by atoms with Gasteiger partial charge in [-0.2, -0.15) is 0 Å². The van der Waals surface area contributed by atoms with Crippen molar-refractivity contribution in [3.8, 4) is 9.88 Å². The molecule has 3 rings (SSSR count). The van der Waals surface area contributed by atoms with E-state index in [0.29, 0.717) is 12.1 Å². The van der Waals surface area contributed by atoms with Crippen LogP contribution in [0.3, 0.4) is 0 Å². The fourth-order valence-corrected chi connectivity index (χ4v) is 4.09. The first-order valence-corrected chi connectivity index (χ1v) is 9.86. The van der Waals surface area contributed by atoms with Crippen molar-refractivity contribution in [1.29, 1.82) is 0 Å². The van der Waals surface area contributed by atoms with E-state index in [4.69, 9.17) is 0 Å². The molecule has 5 nitrogen and oxygen atoms in total. The molecule has 1 N–H and O–H groups in total. The fourth-order valence-electron chi connectivity index (χ4n) is 2.46. The van der Waals surface area contributed by atoms with E-state index >= 15 is 0 Å². The molecule has 2 heterocycles. The third-order valence-corrected chi connectivity index (χ3v) is 5.83. The van der Waals surface area contributed by atoms with Crippen LogP contribution >= 0.6 is 22.7 Å². The number of carbonyl (C=O) groups excluding carboxylic acids is 2. The van der Waals surface area contributed by atoms with Gasteiger partial charge in [0.1, 0.15) is 5.01 Å². The molecular weight excluding hydrogens is 366 g/mol. The van der Waals surface area contributed by atoms with Gasteiger partial charge in [0.2, 0.25) is 5.91 Å². The van der Waals surface area contributed by atoms with Crippen molar-refractivity contribution in [2.45, 2.75) is 13.0 Å². The number of hydrogen-bond acceptors (Lipinski definition) is 5. The van der Waals surface area contributed by atoms with Gasteiger partial charge in [-0.25, -0.2) is 4.98 Å². The smallest absolute Gasteiger partial charge is 0.251 e. The largest absolute Gasteiger partial charge is 0.355 e. The van der Waals surface area contributed by atoms with Crippen molar-refractivity contribution >= 4 is 34.5 Å². The third kappa shape index (κ3) is 4.36. The lowest BCUT2D eigenvalue weighted by Gasteiger charge is -2.17. The average molecular weight is 386 g/mol. The van der Waals surface area contributed by atoms with Crippen LogP contribution < -0.4 is 5.32 Å². The Bertz CT molecular complexity index is 886. The number of thiophene rings is 1. The van der Waals surface area contributed by atoms with Crippen LogP contribution in [0.4, 0.5) is 0 Å². The predicted octanol–water partition coefficient (Wildman–Crippen LogP) is 3.43. The lowest BCUT2D eigenvalue weighted by Crippen LogP contribution is -2.27. The SMILES string of the molecule is CNC(=O)c1ccc(CN(C)C(=O)Cc2csc(-c3cccs3)n2)cc1. The second kappa shape index (κ2) is 8.25. The molecule has 0 fully saturated rings. The van der Waals surface area contributed by atoms with E-state index in [1.165, 1.54) is 0 Å². The Hall–Kier alpha value is -2.51. The summed E-state index contributed by atoms with van der Waals surface area (Å²) in [7, 11) is 3.38. The molecule has 7 heteroatoms. The molecule has 0 atom stereocenters. The molecule has 0 aliphatic rings. The number of likely N-dealkylation sites (N-methyl/N-ethyl adjacent to an activating group) is 1. The molecule has 26 heavy (non-hydrogen) atoms. The summed E-state index contributed by atoms with van der Waals surface area (Å²) in [5, 5.41) is 7.51. The van der Waals surface area contributed by atoms with Crippen LogP contribution in [0.2, 0.25) is 0 Å². The highest BCUT2D eigenvalue weighted by molar-refractivity contribution is 7.20. The first-order valence-electron chi connectivity index (χ1n) is 8.10. The Kier molecular flexibility index (Phi) is 5.80. The fraction of sp³-hybridized carbons (Fsp3) is 0.211. The van der Waals surface area contributed by atoms with Crippen LogP contribution in [-0.4, -0.2) is 35.8 Å². The van der Waals surface area contributed by atoms with Crippen LogP contribution in [0.1, 0.15) is 21.6 Å². The maximum absolute atomic E-state index is 12.5. The van der Waals surface area contributed by atoms with Gasteiger partial charge in [0, 0.05) is 31.6 Å². The zero-order valence-corrected chi connectivity index (χ0v) is 16.2. The first kappa shape index (κ1) is 18.3. The highest BCUT2D eigenvalue weighted by Crippen LogP contribution is 2.28. The normalized spacial score (nSPS) is 10.5. The molecule has 1 aromatic carbocycles. The summed E-state index contributed by atoms with van der Waals surface area (Å²) in [4.78, 5) is 31.4. The van der Waals surface area contributed by atoms with Gasteiger partial charge in [-0.3, -0.25) is 9.59 Å². The minimum Gasteiger partial charge on any atom is -0.355 e. The summed E-state index contributed by atoms with van der Waals surface area (Å²) >= 11 is 3.21. The Balaban J connectivity index is 1.58. The van der Waals surface area contributed by atoms with Gasteiger partial charge in [-0.15, -0.1) is 22.7 Å². The number of amides is 2. The number of hydrogen-bond donors (Lipinski definition) is 1. The molecule has 0 bridgehead atoms. The van der Waals surface area contributed by atoms with E-state index < -0.39 is 0 Å². The molecule has 0 unspecified atom stereocenters. The number of thiazole rings is 1. The van der Waals surface area contributed by atoms with Gasteiger partial charge in [0.05, 0.1) is 17.0 Å². The van der Waals surface area contributed by atoms with Crippen molar-refractivity contribution < 1.29 is 9.59 Å². The third-order valence-electron chi connectivity index (χ3n) is 3.90. The zero-order chi connectivity index (χ0) is 18.5. The Morgan fingerprint density at radius 2 is 1.92 bits per heavy atom. The minimum atomic E-state index is -0.119. The molecule has 0 saturated heterocycles. The Labute approximate surface area is 160 Å². The van der Waals surface area contributed by atoms with Crippen LogP contribution in [0.5, 0.6) is 0 Å². The summed E-state index contributed by atoms with van der Waals surface area (Å²) in [6.07, 6.45) is 0.286. The van der Waals surface area contributed by atoms with Gasteiger partial charge in [-0.1, -0.05) is 18.2 Å². The molecule has 0 spiro atoms. The minimum absolute atomic E-state index is 0.0170. The highest BCUT2D eigenvalue weighted by atomic mass is 32.1. The summed E-state index contributed by atoms with van der Waals surface area (Å²) in [5.41, 5.74) is 2.38. The van der Waals surface area contributed by atoms with E-state index in [2.05, 4.69) is 10.3 Å². The average Bonchev–Trinajstić information content (AvgIpc) is 3.33. The maximum Gasteiger partial charge on any atom is 0.251 e. The number of nitrogens with one attached hydrogen (secondary N) is 1. The number of aromatic nitrogens is 1. The van der Waals surface area contributed by atoms with E-state index in [0.717, 1.165) is 21.1 Å². The molecule has 2 amide bonds. The quantitative estimate of drug-likeness (QED) is 0.707. The van der Waals surface area contributed by atoms with Gasteiger partial charge >= 0.3 is 0 Å². The van der Waals surface area contributed by atoms with Gasteiger partial charge in [-0.05, 0) is 29.1 Å². The molecule has 0 aliphatic carbocycles. The molecule has 0 aliphatic heterocycles. The van der Waals surface area contributed by atoms with E-state index in [1.54, 1.807) is 53.8 Å². The second-order valence-electron chi connectivity index (χ2n) is 5.82. The van der Waals surface area contributed by atoms with Crippen molar-refractivity contribution in [2.75, 3.05) is 14.1 Å². The molecule has 134 valence electrons. The first-order chi connectivity index (χ1) is 12.6. The lowest BCUT2D eigenvalue weighted by atomic mass is 10.1. The van der Waals surface area contributed by atoms with Crippen molar-refractivity contribution in [3.05, 3.63) is 64.0 Å². The van der Waals surface area contributed by atoms with Crippen LogP contribution in [0, 0.1) is 0 Å². The molecule has 0 radical (unpaired) electrons. The number of carbonyl (C=O) groups is 2. The van der Waals surface area contributed by atoms with Crippen molar-refractivity contribution in [1.82, 2.24) is 15.2 Å². The van der Waals surface area contributed by atoms with E-state index in [-0.39, 0.29) is 18.2 Å². The second-order valence-corrected chi connectivity index (χ2v) is 7.63. The summed E-state index contributed by atoms with van der Waals surface area (Å²) < 4.78 is 0. The van der Waals surface area contributed by atoms with Gasteiger partial charge < -0.3 is 10.2 Å². The molecule has 0 saturated carbocycles. The van der Waals surface area contributed by atoms with E-state index in [9.17, 15) is 9.59 Å². The molecular formula is C19H19N3O2S2. The van der Waals surface area contributed by atoms with Gasteiger partial charge in [0.15, 0.2) is 0 Å². The number of rotatable bonds is 6. The van der Waals surface area contributed by atoms with Crippen molar-refractivity contribution in [3.63, 3.8) is 0 Å². The summed E-state index contributed by atoms with van der Waals surface area (Å²) in [6, 6.07) is 11.3. The predicted molar refractivity (Wildman–Crippen MR) is 105 cm³/mol. The Morgan fingerprint density at radius 3 is 2.58 bits per heavy atom. The molecule has 3 aromatic rings. The van der Waals surface area contributed by atoms with E-state index in [1.807, 2.05) is 35.0 Å². The van der Waals surface area contributed by atoms with Crippen LogP contribution in [-0.2, 0) is 17.8 Å². The van der Waals surface area contributed by atoms with Crippen LogP contribution in [0.25, 0.3) is 9.88 Å². The van der Waals surface area contributed by atoms with Crippen LogP contribution in [0.15, 0.2) is 47.2 Å². The van der Waals surface area contributed by atoms with Gasteiger partial charge in [0.25, 0.3) is 5.91 Å². The maximum atomic E-state index is 12.5. The summed E-state index contributed by atoms with van der Waals surface area (Å²) in [5.74, 6) is -0.102. The highest BCUT2D eigenvalue weighted by Gasteiger charge is 2.14. The zero-order valence-electron chi connectivity index (χ0n) is 14.6. The lowest BCUT2D eigenvalue weighted by molar-refractivity contribution is -0.129. The molecule has 2 aromatic heterocycles. The Morgan fingerprint density at radius 1 is 1.15 bits per heavy atom. The standard InChI is InChI=1S/C19H19N3O2S2/c1-20-18(24)14-7-5-13(6-8-14)11-22(2)17(23)10-15-12-26-19(21-15)16-4-3-9-25-16/h3-9,12H,10-11H2,1-2H3,(H,20,24). The monoisotopic (exact) mass is 385 g/mol. The number of benzene rings is 1. The van der Waals surface area contributed by atoms with Crippen molar-refractivity contribution in [2.24, 2.45) is 0 Å². The topological polar surface area (TPSA) is 62.3 Å². The summed E-state index contributed by atoms with van der Waals surface area (Å²) in [6.45, 7) is 0.495.